The molecule has 1 unspecified atom stereocenters. The molecule has 2 saturated heterocycles. The Kier molecular flexibility index (Phi) is 5.15. The van der Waals surface area contributed by atoms with Crippen LogP contribution in [-0.4, -0.2) is 43.1 Å². The zero-order valence-electron chi connectivity index (χ0n) is 17.0. The van der Waals surface area contributed by atoms with Gasteiger partial charge in [-0.3, -0.25) is 14.9 Å². The van der Waals surface area contributed by atoms with Crippen molar-refractivity contribution in [3.63, 3.8) is 0 Å². The predicted molar refractivity (Wildman–Crippen MR) is 104 cm³/mol. The summed E-state index contributed by atoms with van der Waals surface area (Å²) in [5.74, 6) is -3.80. The predicted octanol–water partition coefficient (Wildman–Crippen LogP) is 2.59. The highest BCUT2D eigenvalue weighted by atomic mass is 19.1. The third-order valence-corrected chi connectivity index (χ3v) is 6.06. The van der Waals surface area contributed by atoms with Crippen molar-refractivity contribution in [2.75, 3.05) is 18.0 Å². The molecule has 0 bridgehead atoms. The third-order valence-electron chi connectivity index (χ3n) is 6.06. The summed E-state index contributed by atoms with van der Waals surface area (Å²) in [5, 5.41) is 4.95. The molecule has 0 radical (unpaired) electrons. The number of carbonyl (C=O) groups excluding carboxylic acids is 3. The second-order valence-corrected chi connectivity index (χ2v) is 9.17. The van der Waals surface area contributed by atoms with Gasteiger partial charge in [0.05, 0.1) is 19.0 Å². The maximum atomic E-state index is 14.6. The molecule has 3 aliphatic rings. The molecule has 1 aromatic carbocycles. The summed E-state index contributed by atoms with van der Waals surface area (Å²) in [6.07, 6.45) is 1.13. The van der Waals surface area contributed by atoms with Gasteiger partial charge in [0, 0.05) is 23.7 Å². The van der Waals surface area contributed by atoms with Crippen LogP contribution in [0.3, 0.4) is 0 Å². The van der Waals surface area contributed by atoms with Crippen LogP contribution in [0.4, 0.5) is 19.3 Å². The van der Waals surface area contributed by atoms with Gasteiger partial charge in [0.15, 0.2) is 0 Å². The van der Waals surface area contributed by atoms with E-state index in [1.165, 1.54) is 12.1 Å². The van der Waals surface area contributed by atoms with Crippen LogP contribution < -0.4 is 15.5 Å². The molecule has 30 heavy (non-hydrogen) atoms. The Morgan fingerprint density at radius 3 is 2.40 bits per heavy atom. The van der Waals surface area contributed by atoms with Gasteiger partial charge in [0.25, 0.3) is 0 Å². The molecule has 1 aliphatic carbocycles. The van der Waals surface area contributed by atoms with E-state index >= 15 is 0 Å². The number of hydrogen-bond donors (Lipinski definition) is 2. The molecular formula is C21H25F2N3O4. The smallest absolute Gasteiger partial charge is 0.407 e. The SMILES string of the molecule is CC1(C)CC(NC(=O)OC2CN(c3cc(F)c(C4CCC(=O)NC4=O)c(F)c3)C2)C1. The number of anilines is 1. The standard InChI is InChI=1S/C21H25F2N3O4/c1-21(2)7-11(8-21)24-20(29)30-13-9-26(10-13)12-5-15(22)18(16(23)6-12)14-3-4-17(27)25-19(14)28/h5-6,11,13-14H,3-4,7-10H2,1-2H3,(H,24,29)(H,25,27,28). The van der Waals surface area contributed by atoms with E-state index in [9.17, 15) is 23.2 Å². The van der Waals surface area contributed by atoms with Crippen LogP contribution in [0, 0.1) is 17.0 Å². The number of piperidine rings is 1. The Balaban J connectivity index is 1.32. The number of rotatable bonds is 4. The van der Waals surface area contributed by atoms with Gasteiger partial charge in [-0.15, -0.1) is 0 Å². The van der Waals surface area contributed by atoms with E-state index in [-0.39, 0.29) is 36.0 Å². The van der Waals surface area contributed by atoms with E-state index < -0.39 is 35.5 Å². The van der Waals surface area contributed by atoms with E-state index in [0.717, 1.165) is 12.8 Å². The summed E-state index contributed by atoms with van der Waals surface area (Å²) < 4.78 is 34.6. The zero-order chi connectivity index (χ0) is 21.6. The van der Waals surface area contributed by atoms with Crippen LogP contribution in [0.25, 0.3) is 0 Å². The largest absolute Gasteiger partial charge is 0.442 e. The fourth-order valence-electron chi connectivity index (χ4n) is 4.51. The number of benzene rings is 1. The van der Waals surface area contributed by atoms with Crippen LogP contribution in [0.5, 0.6) is 0 Å². The molecule has 2 aliphatic heterocycles. The van der Waals surface area contributed by atoms with E-state index in [2.05, 4.69) is 24.5 Å². The first-order chi connectivity index (χ1) is 14.1. The van der Waals surface area contributed by atoms with Crippen molar-refractivity contribution in [2.45, 2.75) is 57.6 Å². The van der Waals surface area contributed by atoms with Crippen LogP contribution in [-0.2, 0) is 14.3 Å². The molecule has 7 nitrogen and oxygen atoms in total. The molecule has 1 atom stereocenters. The lowest BCUT2D eigenvalue weighted by atomic mass is 9.68. The highest BCUT2D eigenvalue weighted by Gasteiger charge is 2.39. The van der Waals surface area contributed by atoms with Crippen molar-refractivity contribution in [2.24, 2.45) is 5.41 Å². The first-order valence-electron chi connectivity index (χ1n) is 10.2. The lowest BCUT2D eigenvalue weighted by molar-refractivity contribution is -0.134. The fourth-order valence-corrected chi connectivity index (χ4v) is 4.51. The summed E-state index contributed by atoms with van der Waals surface area (Å²) in [6.45, 7) is 4.95. The molecular weight excluding hydrogens is 396 g/mol. The van der Waals surface area contributed by atoms with Gasteiger partial charge in [-0.1, -0.05) is 13.8 Å². The Bertz CT molecular complexity index is 867. The summed E-state index contributed by atoms with van der Waals surface area (Å²) >= 11 is 0. The molecule has 162 valence electrons. The molecule has 2 heterocycles. The molecule has 1 saturated carbocycles. The van der Waals surface area contributed by atoms with Gasteiger partial charge in [0.2, 0.25) is 11.8 Å². The number of imide groups is 1. The molecule has 4 rings (SSSR count). The first kappa shape index (κ1) is 20.6. The van der Waals surface area contributed by atoms with Crippen LogP contribution >= 0.6 is 0 Å². The lowest BCUT2D eigenvalue weighted by Gasteiger charge is -2.44. The molecule has 0 aromatic heterocycles. The topological polar surface area (TPSA) is 87.7 Å². The van der Waals surface area contributed by atoms with E-state index in [1.54, 1.807) is 4.90 Å². The third kappa shape index (κ3) is 4.11. The monoisotopic (exact) mass is 421 g/mol. The van der Waals surface area contributed by atoms with Crippen molar-refractivity contribution in [3.05, 3.63) is 29.3 Å². The minimum atomic E-state index is -1.02. The van der Waals surface area contributed by atoms with Crippen molar-refractivity contribution < 1.29 is 27.9 Å². The van der Waals surface area contributed by atoms with Gasteiger partial charge in [-0.25, -0.2) is 13.6 Å². The molecule has 3 fully saturated rings. The number of carbonyl (C=O) groups is 3. The average Bonchev–Trinajstić information content (AvgIpc) is 2.57. The maximum absolute atomic E-state index is 14.6. The summed E-state index contributed by atoms with van der Waals surface area (Å²) in [7, 11) is 0. The first-order valence-corrected chi connectivity index (χ1v) is 10.2. The Hall–Kier alpha value is -2.71. The van der Waals surface area contributed by atoms with Gasteiger partial charge in [-0.05, 0) is 36.8 Å². The normalized spacial score (nSPS) is 24.0. The quantitative estimate of drug-likeness (QED) is 0.730. The molecule has 0 spiro atoms. The Morgan fingerprint density at radius 1 is 1.20 bits per heavy atom. The fraction of sp³-hybridized carbons (Fsp3) is 0.571. The van der Waals surface area contributed by atoms with Crippen molar-refractivity contribution >= 4 is 23.6 Å². The number of nitrogens with one attached hydrogen (secondary N) is 2. The molecule has 2 N–H and O–H groups in total. The number of hydrogen-bond acceptors (Lipinski definition) is 5. The van der Waals surface area contributed by atoms with Gasteiger partial charge < -0.3 is 15.0 Å². The zero-order valence-corrected chi connectivity index (χ0v) is 17.0. The summed E-state index contributed by atoms with van der Waals surface area (Å²) in [5.41, 5.74) is 0.251. The highest BCUT2D eigenvalue weighted by Crippen LogP contribution is 2.40. The van der Waals surface area contributed by atoms with Crippen LogP contribution in [0.15, 0.2) is 12.1 Å². The summed E-state index contributed by atoms with van der Waals surface area (Å²) in [6, 6.07) is 2.48. The number of amides is 3. The van der Waals surface area contributed by atoms with Gasteiger partial charge in [-0.2, -0.15) is 0 Å². The lowest BCUT2D eigenvalue weighted by Crippen LogP contribution is -2.56. The molecule has 3 amide bonds. The minimum absolute atomic E-state index is 0.0442. The average molecular weight is 421 g/mol. The Morgan fingerprint density at radius 2 is 1.83 bits per heavy atom. The van der Waals surface area contributed by atoms with Crippen molar-refractivity contribution in [1.29, 1.82) is 0 Å². The number of halogens is 2. The molecule has 1 aromatic rings. The number of nitrogens with zero attached hydrogens (tertiary/aromatic N) is 1. The summed E-state index contributed by atoms with van der Waals surface area (Å²) in [4.78, 5) is 36.9. The van der Waals surface area contributed by atoms with Gasteiger partial charge in [0.1, 0.15) is 17.7 Å². The number of ether oxygens (including phenoxy) is 1. The van der Waals surface area contributed by atoms with E-state index in [4.69, 9.17) is 4.74 Å². The highest BCUT2D eigenvalue weighted by molar-refractivity contribution is 6.01. The van der Waals surface area contributed by atoms with Crippen LogP contribution in [0.1, 0.15) is 51.0 Å². The van der Waals surface area contributed by atoms with Gasteiger partial charge >= 0.3 is 6.09 Å². The molecule has 9 heteroatoms. The van der Waals surface area contributed by atoms with Crippen LogP contribution in [0.2, 0.25) is 0 Å². The minimum Gasteiger partial charge on any atom is -0.442 e. The number of alkyl carbamates (subject to hydrolysis) is 1. The van der Waals surface area contributed by atoms with Crippen molar-refractivity contribution in [3.8, 4) is 0 Å². The van der Waals surface area contributed by atoms with E-state index in [0.29, 0.717) is 18.8 Å². The van der Waals surface area contributed by atoms with Crippen molar-refractivity contribution in [1.82, 2.24) is 10.6 Å². The second-order valence-electron chi connectivity index (χ2n) is 9.17. The Labute approximate surface area is 173 Å². The van der Waals surface area contributed by atoms with E-state index in [1.807, 2.05) is 0 Å². The second kappa shape index (κ2) is 7.52. The maximum Gasteiger partial charge on any atom is 0.407 e.